The van der Waals surface area contributed by atoms with Crippen LogP contribution in [0.4, 0.5) is 0 Å². The maximum Gasteiger partial charge on any atom is 0.185 e. The number of hydrogen-bond donors (Lipinski definition) is 0. The van der Waals surface area contributed by atoms with Crippen LogP contribution in [-0.4, -0.2) is 12.9 Å². The highest BCUT2D eigenvalue weighted by Gasteiger charge is 2.06. The summed E-state index contributed by atoms with van der Waals surface area (Å²) in [7, 11) is 1.63. The molecule has 0 atom stereocenters. The quantitative estimate of drug-likeness (QED) is 0.349. The van der Waals surface area contributed by atoms with E-state index in [1.807, 2.05) is 60.7 Å². The van der Waals surface area contributed by atoms with Crippen molar-refractivity contribution in [2.45, 2.75) is 6.61 Å². The first-order valence-electron chi connectivity index (χ1n) is 8.48. The topological polar surface area (TPSA) is 35.5 Å². The van der Waals surface area contributed by atoms with Crippen molar-refractivity contribution in [3.8, 4) is 11.5 Å². The van der Waals surface area contributed by atoms with Gasteiger partial charge >= 0.3 is 0 Å². The molecule has 0 aliphatic rings. The number of ketones is 1. The predicted octanol–water partition coefficient (Wildman–Crippen LogP) is 5.93. The molecule has 3 aromatic carbocycles. The third-order valence-corrected chi connectivity index (χ3v) is 4.47. The van der Waals surface area contributed by atoms with Crippen LogP contribution in [0.1, 0.15) is 21.5 Å². The van der Waals surface area contributed by atoms with Crippen molar-refractivity contribution >= 4 is 27.8 Å². The minimum atomic E-state index is -0.0470. The van der Waals surface area contributed by atoms with E-state index in [-0.39, 0.29) is 5.78 Å². The fourth-order valence-electron chi connectivity index (χ4n) is 2.60. The van der Waals surface area contributed by atoms with Crippen molar-refractivity contribution in [3.05, 3.63) is 100 Å². The zero-order valence-electron chi connectivity index (χ0n) is 14.9. The lowest BCUT2D eigenvalue weighted by Gasteiger charge is -2.11. The molecule has 0 aliphatic carbocycles. The zero-order chi connectivity index (χ0) is 19.1. The van der Waals surface area contributed by atoms with Crippen LogP contribution in [0.5, 0.6) is 11.5 Å². The summed E-state index contributed by atoms with van der Waals surface area (Å²) < 4.78 is 12.1. The SMILES string of the molecule is COc1ccc(/C=C/C(=O)c2cccc(Br)c2)cc1COc1ccccc1. The first kappa shape index (κ1) is 18.9. The molecule has 3 nitrogen and oxygen atoms in total. The molecule has 4 heteroatoms. The number of carbonyl (C=O) groups excluding carboxylic acids is 1. The van der Waals surface area contributed by atoms with E-state index < -0.39 is 0 Å². The smallest absolute Gasteiger partial charge is 0.185 e. The summed E-state index contributed by atoms with van der Waals surface area (Å²) in [5.41, 5.74) is 2.46. The Bertz CT molecular complexity index is 949. The van der Waals surface area contributed by atoms with Crippen molar-refractivity contribution in [3.63, 3.8) is 0 Å². The standard InChI is InChI=1S/C23H19BrO3/c1-26-23-13-11-17(10-12-22(25)18-6-5-7-20(24)15-18)14-19(23)16-27-21-8-3-2-4-9-21/h2-15H,16H2,1H3/b12-10+. The average molecular weight is 423 g/mol. The van der Waals surface area contributed by atoms with Crippen LogP contribution in [0.15, 0.2) is 83.3 Å². The van der Waals surface area contributed by atoms with Crippen LogP contribution in [0, 0.1) is 0 Å². The van der Waals surface area contributed by atoms with E-state index in [1.54, 1.807) is 31.4 Å². The van der Waals surface area contributed by atoms with E-state index >= 15 is 0 Å². The van der Waals surface area contributed by atoms with Crippen molar-refractivity contribution in [2.24, 2.45) is 0 Å². The third kappa shape index (κ3) is 5.31. The molecule has 0 fully saturated rings. The molecule has 136 valence electrons. The second kappa shape index (κ2) is 9.19. The van der Waals surface area contributed by atoms with Crippen LogP contribution >= 0.6 is 15.9 Å². The summed E-state index contributed by atoms with van der Waals surface area (Å²) >= 11 is 3.38. The molecule has 3 aromatic rings. The van der Waals surface area contributed by atoms with Crippen molar-refractivity contribution in [1.82, 2.24) is 0 Å². The molecule has 27 heavy (non-hydrogen) atoms. The molecule has 0 saturated carbocycles. The number of ether oxygens (including phenoxy) is 2. The summed E-state index contributed by atoms with van der Waals surface area (Å²) in [5, 5.41) is 0. The molecule has 0 bridgehead atoms. The number of para-hydroxylation sites is 1. The summed E-state index contributed by atoms with van der Waals surface area (Å²) in [4.78, 5) is 12.3. The molecule has 0 heterocycles. The second-order valence-corrected chi connectivity index (χ2v) is 6.80. The largest absolute Gasteiger partial charge is 0.496 e. The summed E-state index contributed by atoms with van der Waals surface area (Å²) in [5.74, 6) is 1.50. The van der Waals surface area contributed by atoms with Crippen molar-refractivity contribution < 1.29 is 14.3 Å². The number of allylic oxidation sites excluding steroid dienone is 1. The number of rotatable bonds is 7. The Morgan fingerprint density at radius 2 is 1.81 bits per heavy atom. The van der Waals surface area contributed by atoms with Gasteiger partial charge in [0.2, 0.25) is 0 Å². The molecular formula is C23H19BrO3. The molecule has 0 amide bonds. The summed E-state index contributed by atoms with van der Waals surface area (Å²) in [6.45, 7) is 0.383. The summed E-state index contributed by atoms with van der Waals surface area (Å²) in [6.07, 6.45) is 3.38. The highest BCUT2D eigenvalue weighted by molar-refractivity contribution is 9.10. The van der Waals surface area contributed by atoms with Gasteiger partial charge in [0.15, 0.2) is 5.78 Å². The van der Waals surface area contributed by atoms with Crippen LogP contribution in [0.25, 0.3) is 6.08 Å². The third-order valence-electron chi connectivity index (χ3n) is 3.98. The van der Waals surface area contributed by atoms with Crippen LogP contribution < -0.4 is 9.47 Å². The lowest BCUT2D eigenvalue weighted by atomic mass is 10.1. The van der Waals surface area contributed by atoms with Gasteiger partial charge < -0.3 is 9.47 Å². The second-order valence-electron chi connectivity index (χ2n) is 5.88. The summed E-state index contributed by atoms with van der Waals surface area (Å²) in [6, 6.07) is 22.7. The van der Waals surface area contributed by atoms with Gasteiger partial charge in [-0.1, -0.05) is 58.4 Å². The fourth-order valence-corrected chi connectivity index (χ4v) is 3.00. The number of halogens is 1. The van der Waals surface area contributed by atoms with Crippen molar-refractivity contribution in [2.75, 3.05) is 7.11 Å². The zero-order valence-corrected chi connectivity index (χ0v) is 16.5. The van der Waals surface area contributed by atoms with Gasteiger partial charge in [-0.2, -0.15) is 0 Å². The Morgan fingerprint density at radius 3 is 2.56 bits per heavy atom. The number of hydrogen-bond acceptors (Lipinski definition) is 3. The van der Waals surface area contributed by atoms with E-state index in [2.05, 4.69) is 15.9 Å². The minimum absolute atomic E-state index is 0.0470. The molecule has 0 saturated heterocycles. The lowest BCUT2D eigenvalue weighted by Crippen LogP contribution is -1.99. The van der Waals surface area contributed by atoms with Crippen LogP contribution in [0.3, 0.4) is 0 Å². The molecule has 0 radical (unpaired) electrons. The van der Waals surface area contributed by atoms with Gasteiger partial charge in [0, 0.05) is 15.6 Å². The first-order valence-corrected chi connectivity index (χ1v) is 9.28. The number of methoxy groups -OCH3 is 1. The first-order chi connectivity index (χ1) is 13.2. The van der Waals surface area contributed by atoms with E-state index in [1.165, 1.54) is 0 Å². The lowest BCUT2D eigenvalue weighted by molar-refractivity contribution is 0.104. The average Bonchev–Trinajstić information content (AvgIpc) is 2.71. The predicted molar refractivity (Wildman–Crippen MR) is 111 cm³/mol. The Kier molecular flexibility index (Phi) is 6.44. The van der Waals surface area contributed by atoms with E-state index in [0.29, 0.717) is 12.2 Å². The molecule has 0 spiro atoms. The van der Waals surface area contributed by atoms with Gasteiger partial charge in [0.25, 0.3) is 0 Å². The van der Waals surface area contributed by atoms with Gasteiger partial charge in [-0.05, 0) is 48.0 Å². The maximum atomic E-state index is 12.3. The van der Waals surface area contributed by atoms with Crippen LogP contribution in [-0.2, 0) is 6.61 Å². The Balaban J connectivity index is 1.75. The highest BCUT2D eigenvalue weighted by atomic mass is 79.9. The number of benzene rings is 3. The Labute approximate surface area is 167 Å². The molecular weight excluding hydrogens is 404 g/mol. The maximum absolute atomic E-state index is 12.3. The molecule has 0 unspecified atom stereocenters. The normalized spacial score (nSPS) is 10.7. The Morgan fingerprint density at radius 1 is 1.00 bits per heavy atom. The van der Waals surface area contributed by atoms with Crippen LogP contribution in [0.2, 0.25) is 0 Å². The Hall–Kier alpha value is -2.85. The van der Waals surface area contributed by atoms with Crippen molar-refractivity contribution in [1.29, 1.82) is 0 Å². The van der Waals surface area contributed by atoms with Gasteiger partial charge in [-0.3, -0.25) is 4.79 Å². The van der Waals surface area contributed by atoms with E-state index in [4.69, 9.17) is 9.47 Å². The number of carbonyl (C=O) groups is 1. The monoisotopic (exact) mass is 422 g/mol. The van der Waals surface area contributed by atoms with Gasteiger partial charge in [0.05, 0.1) is 7.11 Å². The fraction of sp³-hybridized carbons (Fsp3) is 0.0870. The van der Waals surface area contributed by atoms with E-state index in [9.17, 15) is 4.79 Å². The van der Waals surface area contributed by atoms with E-state index in [0.717, 1.165) is 27.1 Å². The van der Waals surface area contributed by atoms with Gasteiger partial charge in [-0.15, -0.1) is 0 Å². The minimum Gasteiger partial charge on any atom is -0.496 e. The molecule has 0 N–H and O–H groups in total. The van der Waals surface area contributed by atoms with Gasteiger partial charge in [-0.25, -0.2) is 0 Å². The molecule has 0 aliphatic heterocycles. The molecule has 3 rings (SSSR count). The highest BCUT2D eigenvalue weighted by Crippen LogP contribution is 2.23. The van der Waals surface area contributed by atoms with Gasteiger partial charge in [0.1, 0.15) is 18.1 Å². The molecule has 0 aromatic heterocycles.